The number of halogens is 3. The van der Waals surface area contributed by atoms with Crippen LogP contribution in [-0.2, 0) is 11.0 Å². The number of aromatic nitrogens is 1. The van der Waals surface area contributed by atoms with Crippen molar-refractivity contribution in [1.29, 1.82) is 0 Å². The lowest BCUT2D eigenvalue weighted by molar-refractivity contribution is -0.138. The van der Waals surface area contributed by atoms with Gasteiger partial charge >= 0.3 is 6.18 Å². The summed E-state index contributed by atoms with van der Waals surface area (Å²) in [5.41, 5.74) is 2.47. The Morgan fingerprint density at radius 2 is 1.79 bits per heavy atom. The molecule has 0 radical (unpaired) electrons. The molecule has 0 unspecified atom stereocenters. The average Bonchev–Trinajstić information content (AvgIpc) is 2.85. The van der Waals surface area contributed by atoms with Gasteiger partial charge in [-0.15, -0.1) is 0 Å². The number of hydrogen-bond donors (Lipinski definition) is 1. The van der Waals surface area contributed by atoms with E-state index in [1.165, 1.54) is 13.0 Å². The molecule has 0 saturated heterocycles. The minimum Gasteiger partial charge on any atom is -0.324 e. The smallest absolute Gasteiger partial charge is 0.324 e. The molecule has 0 aliphatic carbocycles. The van der Waals surface area contributed by atoms with E-state index in [-0.39, 0.29) is 17.7 Å². The van der Waals surface area contributed by atoms with Crippen LogP contribution in [0.1, 0.15) is 23.1 Å². The maximum atomic E-state index is 13.2. The van der Waals surface area contributed by atoms with Crippen molar-refractivity contribution in [1.82, 2.24) is 4.98 Å². The Morgan fingerprint density at radius 1 is 1.00 bits per heavy atom. The van der Waals surface area contributed by atoms with Gasteiger partial charge in [-0.2, -0.15) is 13.2 Å². The van der Waals surface area contributed by atoms with Crippen LogP contribution in [0.4, 0.5) is 24.5 Å². The lowest BCUT2D eigenvalue weighted by Gasteiger charge is -2.13. The van der Waals surface area contributed by atoms with Gasteiger partial charge in [-0.05, 0) is 48.4 Å². The summed E-state index contributed by atoms with van der Waals surface area (Å²) in [6, 6.07) is 15.3. The summed E-state index contributed by atoms with van der Waals surface area (Å²) in [6.07, 6.45) is -2.85. The summed E-state index contributed by atoms with van der Waals surface area (Å²) in [7, 11) is 0. The Morgan fingerprint density at radius 3 is 2.52 bits per heavy atom. The van der Waals surface area contributed by atoms with Crippen LogP contribution in [0.3, 0.4) is 0 Å². The van der Waals surface area contributed by atoms with Crippen molar-refractivity contribution < 1.29 is 18.0 Å². The van der Waals surface area contributed by atoms with Gasteiger partial charge in [0, 0.05) is 11.8 Å². The van der Waals surface area contributed by atoms with E-state index in [0.29, 0.717) is 17.0 Å². The molecule has 2 heterocycles. The molecule has 4 rings (SSSR count). The maximum Gasteiger partial charge on any atom is 0.416 e. The molecule has 1 amide bonds. The van der Waals surface area contributed by atoms with E-state index in [0.717, 1.165) is 17.3 Å². The number of pyridine rings is 1. The first-order chi connectivity index (χ1) is 13.8. The monoisotopic (exact) mass is 395 g/mol. The molecule has 0 bridgehead atoms. The lowest BCUT2D eigenvalue weighted by atomic mass is 10.0. The first-order valence-electron chi connectivity index (χ1n) is 8.92. The predicted molar refractivity (Wildman–Crippen MR) is 105 cm³/mol. The van der Waals surface area contributed by atoms with Gasteiger partial charge in [0.2, 0.25) is 5.91 Å². The number of anilines is 1. The van der Waals surface area contributed by atoms with Crippen LogP contribution in [-0.4, -0.2) is 16.6 Å². The Kier molecular flexibility index (Phi) is 4.66. The molecule has 4 nitrogen and oxygen atoms in total. The molecule has 1 N–H and O–H groups in total. The Bertz CT molecular complexity index is 1120. The first kappa shape index (κ1) is 18.9. The average molecular weight is 395 g/mol. The molecule has 1 aliphatic heterocycles. The van der Waals surface area contributed by atoms with Crippen molar-refractivity contribution in [3.63, 3.8) is 0 Å². The van der Waals surface area contributed by atoms with Crippen LogP contribution in [0.5, 0.6) is 0 Å². The van der Waals surface area contributed by atoms with Gasteiger partial charge in [0.25, 0.3) is 0 Å². The Hall–Kier alpha value is -3.48. The number of alkyl halides is 3. The highest BCUT2D eigenvalue weighted by Crippen LogP contribution is 2.39. The van der Waals surface area contributed by atoms with Crippen LogP contribution in [0.25, 0.3) is 11.3 Å². The molecule has 0 saturated carbocycles. The predicted octanol–water partition coefficient (Wildman–Crippen LogP) is 5.54. The van der Waals surface area contributed by atoms with E-state index in [2.05, 4.69) is 15.3 Å². The molecule has 1 aromatic heterocycles. The fraction of sp³-hybridized carbons (Fsp3) is 0.136. The van der Waals surface area contributed by atoms with Crippen LogP contribution in [0.2, 0.25) is 0 Å². The molecular weight excluding hydrogens is 379 g/mol. The number of carbonyl (C=O) groups excluding carboxylic acids is 1. The van der Waals surface area contributed by atoms with Gasteiger partial charge in [0.1, 0.15) is 0 Å². The van der Waals surface area contributed by atoms with E-state index in [1.807, 2.05) is 42.5 Å². The third-order valence-electron chi connectivity index (χ3n) is 4.66. The third-order valence-corrected chi connectivity index (χ3v) is 4.66. The number of amides is 1. The molecule has 3 aromatic rings. The van der Waals surface area contributed by atoms with E-state index in [9.17, 15) is 18.0 Å². The molecule has 0 atom stereocenters. The summed E-state index contributed by atoms with van der Waals surface area (Å²) < 4.78 is 39.6. The van der Waals surface area contributed by atoms with Crippen LogP contribution < -0.4 is 5.32 Å². The highest BCUT2D eigenvalue weighted by atomic mass is 19.4. The maximum absolute atomic E-state index is 13.2. The quantitative estimate of drug-likeness (QED) is 0.620. The Labute approximate surface area is 165 Å². The number of aliphatic imine (C=N–C) groups is 1. The summed E-state index contributed by atoms with van der Waals surface area (Å²) in [5, 5.41) is 2.54. The van der Waals surface area contributed by atoms with Gasteiger partial charge in [-0.3, -0.25) is 14.8 Å². The molecule has 0 fully saturated rings. The molecule has 7 heteroatoms. The van der Waals surface area contributed by atoms with Crippen LogP contribution >= 0.6 is 0 Å². The molecular formula is C22H16F3N3O. The van der Waals surface area contributed by atoms with E-state index in [1.54, 1.807) is 6.20 Å². The van der Waals surface area contributed by atoms with Crippen molar-refractivity contribution in [2.45, 2.75) is 19.5 Å². The van der Waals surface area contributed by atoms with Crippen molar-refractivity contribution in [3.05, 3.63) is 77.5 Å². The normalized spacial score (nSPS) is 13.9. The molecule has 0 spiro atoms. The number of aryl methyl sites for hydroxylation is 1. The summed E-state index contributed by atoms with van der Waals surface area (Å²) in [4.78, 5) is 21.2. The zero-order valence-corrected chi connectivity index (χ0v) is 15.4. The summed E-state index contributed by atoms with van der Waals surface area (Å²) in [5.74, 6) is -0.414. The zero-order chi connectivity index (χ0) is 20.6. The van der Waals surface area contributed by atoms with Crippen LogP contribution in [0, 0.1) is 6.92 Å². The number of carbonyl (C=O) groups is 1. The number of nitrogens with one attached hydrogen (secondary N) is 1. The number of fused-ring (bicyclic) bond motifs is 1. The number of hydrogen-bond acceptors (Lipinski definition) is 3. The second kappa shape index (κ2) is 7.16. The van der Waals surface area contributed by atoms with Crippen LogP contribution in [0.15, 0.2) is 65.8 Å². The van der Waals surface area contributed by atoms with Gasteiger partial charge in [-0.25, -0.2) is 0 Å². The highest BCUT2D eigenvalue weighted by molar-refractivity contribution is 6.17. The molecule has 29 heavy (non-hydrogen) atoms. The Balaban J connectivity index is 1.80. The number of nitrogens with zero attached hydrogens (tertiary/aromatic N) is 2. The molecule has 2 aromatic carbocycles. The molecule has 146 valence electrons. The largest absolute Gasteiger partial charge is 0.416 e. The van der Waals surface area contributed by atoms with Gasteiger partial charge in [-0.1, -0.05) is 24.3 Å². The fourth-order valence-electron chi connectivity index (χ4n) is 3.28. The number of benzene rings is 2. The topological polar surface area (TPSA) is 54.4 Å². The first-order valence-corrected chi connectivity index (χ1v) is 8.92. The van der Waals surface area contributed by atoms with Gasteiger partial charge < -0.3 is 5.32 Å². The van der Waals surface area contributed by atoms with Crippen molar-refractivity contribution >= 4 is 23.0 Å². The highest BCUT2D eigenvalue weighted by Gasteiger charge is 2.34. The summed E-state index contributed by atoms with van der Waals surface area (Å²) in [6.45, 7) is 1.38. The fourth-order valence-corrected chi connectivity index (χ4v) is 3.28. The van der Waals surface area contributed by atoms with Gasteiger partial charge in [0.05, 0.1) is 34.8 Å². The van der Waals surface area contributed by atoms with E-state index >= 15 is 0 Å². The van der Waals surface area contributed by atoms with Gasteiger partial charge in [0.15, 0.2) is 0 Å². The SMILES string of the molecule is Cc1cc2c(cc1C(F)(F)F)NC(=O)CC(c1cccc(-c3ccccn3)c1)=N2. The third kappa shape index (κ3) is 3.89. The minimum absolute atomic E-state index is 0.0409. The second-order valence-corrected chi connectivity index (χ2v) is 6.76. The van der Waals surface area contributed by atoms with Crippen molar-refractivity contribution in [2.75, 3.05) is 5.32 Å². The molecule has 1 aliphatic rings. The van der Waals surface area contributed by atoms with E-state index < -0.39 is 17.6 Å². The minimum atomic E-state index is -4.50. The number of rotatable bonds is 2. The van der Waals surface area contributed by atoms with Crippen molar-refractivity contribution in [2.24, 2.45) is 4.99 Å². The van der Waals surface area contributed by atoms with Crippen molar-refractivity contribution in [3.8, 4) is 11.3 Å². The second-order valence-electron chi connectivity index (χ2n) is 6.76. The standard InChI is InChI=1S/C22H16F3N3O/c1-13-9-19-20(11-16(13)22(23,24)25)28-21(29)12-18(27-19)15-6-4-5-14(10-15)17-7-2-3-8-26-17/h2-11H,12H2,1H3,(H,28,29). The summed E-state index contributed by atoms with van der Waals surface area (Å²) >= 11 is 0. The lowest BCUT2D eigenvalue weighted by Crippen LogP contribution is -2.15. The zero-order valence-electron chi connectivity index (χ0n) is 15.4. The van der Waals surface area contributed by atoms with E-state index in [4.69, 9.17) is 0 Å².